The highest BCUT2D eigenvalue weighted by atomic mass is 32.2. The predicted molar refractivity (Wildman–Crippen MR) is 126 cm³/mol. The van der Waals surface area contributed by atoms with Gasteiger partial charge >= 0.3 is 0 Å². The predicted octanol–water partition coefficient (Wildman–Crippen LogP) is 4.17. The molecule has 0 aliphatic carbocycles. The van der Waals surface area contributed by atoms with Crippen molar-refractivity contribution in [2.24, 2.45) is 0 Å². The maximum Gasteiger partial charge on any atom is 0.244 e. The van der Waals surface area contributed by atoms with Gasteiger partial charge in [-0.3, -0.25) is 4.79 Å². The number of carbonyl (C=O) groups excluding carboxylic acids is 1. The van der Waals surface area contributed by atoms with Crippen molar-refractivity contribution < 1.29 is 18.3 Å². The Bertz CT molecular complexity index is 982. The average Bonchev–Trinajstić information content (AvgIpc) is 3.24. The molecule has 1 heterocycles. The zero-order valence-corrected chi connectivity index (χ0v) is 20.0. The Morgan fingerprint density at radius 3 is 2.35 bits per heavy atom. The summed E-state index contributed by atoms with van der Waals surface area (Å²) in [5.74, 6) is 0.348. The number of thioether (sulfide) groups is 1. The van der Waals surface area contributed by atoms with Gasteiger partial charge in [0.25, 0.3) is 0 Å². The van der Waals surface area contributed by atoms with Gasteiger partial charge in [0, 0.05) is 25.3 Å². The minimum Gasteiger partial charge on any atom is -0.396 e. The molecule has 0 radical (unpaired) electrons. The second kappa shape index (κ2) is 9.86. The number of aliphatic hydroxyl groups excluding tert-OH is 1. The Balaban J connectivity index is 1.80. The molecule has 2 aromatic carbocycles. The Hall–Kier alpha value is -1.67. The van der Waals surface area contributed by atoms with Crippen molar-refractivity contribution in [2.75, 3.05) is 18.9 Å². The van der Waals surface area contributed by atoms with Crippen LogP contribution in [0.4, 0.5) is 0 Å². The van der Waals surface area contributed by atoms with Crippen LogP contribution in [0.15, 0.2) is 59.5 Å². The summed E-state index contributed by atoms with van der Waals surface area (Å²) in [7, 11) is -3.77. The van der Waals surface area contributed by atoms with E-state index in [-0.39, 0.29) is 35.0 Å². The largest absolute Gasteiger partial charge is 0.396 e. The van der Waals surface area contributed by atoms with E-state index in [1.807, 2.05) is 42.5 Å². The smallest absolute Gasteiger partial charge is 0.244 e. The van der Waals surface area contributed by atoms with E-state index in [9.17, 15) is 18.3 Å². The van der Waals surface area contributed by atoms with Crippen molar-refractivity contribution >= 4 is 27.6 Å². The van der Waals surface area contributed by atoms with Gasteiger partial charge in [-0.05, 0) is 41.0 Å². The summed E-state index contributed by atoms with van der Waals surface area (Å²) in [5, 5.41) is 8.74. The summed E-state index contributed by atoms with van der Waals surface area (Å²) >= 11 is 1.38. The number of nitrogens with zero attached hydrogens (tertiary/aromatic N) is 1. The minimum absolute atomic E-state index is 0.0210. The molecule has 31 heavy (non-hydrogen) atoms. The minimum atomic E-state index is -3.77. The molecule has 0 aromatic heterocycles. The van der Waals surface area contributed by atoms with E-state index in [0.717, 1.165) is 11.1 Å². The van der Waals surface area contributed by atoms with Crippen LogP contribution in [0.3, 0.4) is 0 Å². The lowest BCUT2D eigenvalue weighted by Gasteiger charge is -2.25. The molecule has 0 saturated carbocycles. The van der Waals surface area contributed by atoms with Crippen molar-refractivity contribution in [1.82, 2.24) is 4.31 Å². The van der Waals surface area contributed by atoms with Crippen molar-refractivity contribution in [3.63, 3.8) is 0 Å². The first-order valence-electron chi connectivity index (χ1n) is 10.6. The molecule has 168 valence electrons. The highest BCUT2D eigenvalue weighted by molar-refractivity contribution is 8.02. The van der Waals surface area contributed by atoms with Crippen LogP contribution < -0.4 is 0 Å². The molecule has 0 amide bonds. The maximum absolute atomic E-state index is 13.3. The summed E-state index contributed by atoms with van der Waals surface area (Å²) in [6.07, 6.45) is 0.672. The lowest BCUT2D eigenvalue weighted by Crippen LogP contribution is -2.39. The normalized spacial score (nSPS) is 18.8. The number of rotatable bonds is 8. The fourth-order valence-electron chi connectivity index (χ4n) is 3.83. The Morgan fingerprint density at radius 2 is 1.77 bits per heavy atom. The standard InChI is InChI=1S/C24H31NO4S2/c1-24(2,3)20-9-11-21(12-10-20)31(28,29)25-14-16-30-23(25)22(27)17-19(13-15-26)18-7-5-4-6-8-18/h4-12,19,23,26H,13-17H2,1-3H3/t19-,23+/m1/s1. The van der Waals surface area contributed by atoms with Crippen LogP contribution in [0.2, 0.25) is 0 Å². The Morgan fingerprint density at radius 1 is 1.13 bits per heavy atom. The molecule has 0 unspecified atom stereocenters. The zero-order valence-electron chi connectivity index (χ0n) is 18.3. The monoisotopic (exact) mass is 461 g/mol. The molecule has 3 rings (SSSR count). The lowest BCUT2D eigenvalue weighted by molar-refractivity contribution is -0.120. The quantitative estimate of drug-likeness (QED) is 0.639. The number of Topliss-reactive ketones (excluding diaryl/α,β-unsaturated/α-hetero) is 1. The summed E-state index contributed by atoms with van der Waals surface area (Å²) < 4.78 is 28.0. The van der Waals surface area contributed by atoms with Crippen molar-refractivity contribution in [1.29, 1.82) is 0 Å². The molecule has 1 fully saturated rings. The van der Waals surface area contributed by atoms with Gasteiger partial charge < -0.3 is 5.11 Å². The molecular weight excluding hydrogens is 430 g/mol. The fraction of sp³-hybridized carbons (Fsp3) is 0.458. The number of carbonyl (C=O) groups is 1. The van der Waals surface area contributed by atoms with Gasteiger partial charge in [0.15, 0.2) is 5.78 Å². The molecule has 5 nitrogen and oxygen atoms in total. The zero-order chi connectivity index (χ0) is 22.6. The summed E-state index contributed by atoms with van der Waals surface area (Å²) in [4.78, 5) is 13.4. The van der Waals surface area contributed by atoms with E-state index in [4.69, 9.17) is 0 Å². The van der Waals surface area contributed by atoms with Crippen LogP contribution in [0.25, 0.3) is 0 Å². The first kappa shape index (κ1) is 24.0. The molecule has 1 aliphatic heterocycles. The van der Waals surface area contributed by atoms with Gasteiger partial charge in [0.05, 0.1) is 4.90 Å². The van der Waals surface area contributed by atoms with Crippen LogP contribution in [0, 0.1) is 0 Å². The van der Waals surface area contributed by atoms with Gasteiger partial charge in [0.2, 0.25) is 10.0 Å². The molecule has 2 aromatic rings. The number of benzene rings is 2. The number of ketones is 1. The molecular formula is C24H31NO4S2. The number of aliphatic hydroxyl groups is 1. The van der Waals surface area contributed by atoms with Gasteiger partial charge in [-0.25, -0.2) is 8.42 Å². The summed E-state index contributed by atoms with van der Waals surface area (Å²) in [6, 6.07) is 16.6. The van der Waals surface area contributed by atoms with E-state index in [1.165, 1.54) is 16.1 Å². The van der Waals surface area contributed by atoms with Crippen molar-refractivity contribution in [2.45, 2.75) is 55.2 Å². The van der Waals surface area contributed by atoms with Crippen LogP contribution >= 0.6 is 11.8 Å². The van der Waals surface area contributed by atoms with Crippen molar-refractivity contribution in [3.8, 4) is 0 Å². The fourth-order valence-corrected chi connectivity index (χ4v) is 7.00. The Labute approximate surface area is 189 Å². The molecule has 7 heteroatoms. The van der Waals surface area contributed by atoms with Crippen molar-refractivity contribution in [3.05, 3.63) is 65.7 Å². The molecule has 1 aliphatic rings. The van der Waals surface area contributed by atoms with Gasteiger partial charge in [-0.2, -0.15) is 4.31 Å². The lowest BCUT2D eigenvalue weighted by atomic mass is 9.87. The Kier molecular flexibility index (Phi) is 7.63. The second-order valence-electron chi connectivity index (χ2n) is 8.90. The third-order valence-corrected chi connectivity index (χ3v) is 8.91. The number of hydrogen-bond donors (Lipinski definition) is 1. The number of hydrogen-bond acceptors (Lipinski definition) is 5. The highest BCUT2D eigenvalue weighted by Gasteiger charge is 2.40. The highest BCUT2D eigenvalue weighted by Crippen LogP contribution is 2.34. The van der Waals surface area contributed by atoms with Crippen LogP contribution in [-0.2, 0) is 20.2 Å². The van der Waals surface area contributed by atoms with Crippen LogP contribution in [-0.4, -0.2) is 47.9 Å². The summed E-state index contributed by atoms with van der Waals surface area (Å²) in [5.41, 5.74) is 1.98. The van der Waals surface area contributed by atoms with E-state index in [0.29, 0.717) is 18.7 Å². The van der Waals surface area contributed by atoms with E-state index in [2.05, 4.69) is 20.8 Å². The number of sulfonamides is 1. The third kappa shape index (κ3) is 5.58. The van der Waals surface area contributed by atoms with Crippen LogP contribution in [0.1, 0.15) is 50.7 Å². The summed E-state index contributed by atoms with van der Waals surface area (Å²) in [6.45, 7) is 6.54. The average molecular weight is 462 g/mol. The molecule has 0 spiro atoms. The maximum atomic E-state index is 13.3. The first-order valence-corrected chi connectivity index (χ1v) is 13.1. The molecule has 0 bridgehead atoms. The molecule has 1 saturated heterocycles. The topological polar surface area (TPSA) is 74.7 Å². The SMILES string of the molecule is CC(C)(C)c1ccc(S(=O)(=O)N2CCS[C@H]2C(=O)C[C@@H](CCO)c2ccccc2)cc1. The van der Waals surface area contributed by atoms with Crippen LogP contribution in [0.5, 0.6) is 0 Å². The molecule has 1 N–H and O–H groups in total. The third-order valence-electron chi connectivity index (χ3n) is 5.65. The van der Waals surface area contributed by atoms with E-state index >= 15 is 0 Å². The van der Waals surface area contributed by atoms with Gasteiger partial charge in [0.1, 0.15) is 5.37 Å². The van der Waals surface area contributed by atoms with Gasteiger partial charge in [-0.1, -0.05) is 63.2 Å². The first-order chi connectivity index (χ1) is 14.6. The van der Waals surface area contributed by atoms with E-state index < -0.39 is 15.4 Å². The second-order valence-corrected chi connectivity index (χ2v) is 12.0. The molecule has 2 atom stereocenters. The van der Waals surface area contributed by atoms with Gasteiger partial charge in [-0.15, -0.1) is 11.8 Å². The van der Waals surface area contributed by atoms with E-state index in [1.54, 1.807) is 12.1 Å².